The van der Waals surface area contributed by atoms with E-state index in [0.717, 1.165) is 32.8 Å². The second-order valence-electron chi connectivity index (χ2n) is 6.97. The van der Waals surface area contributed by atoms with Gasteiger partial charge in [0.25, 0.3) is 7.37 Å². The van der Waals surface area contributed by atoms with Crippen molar-refractivity contribution in [3.05, 3.63) is 59.7 Å². The van der Waals surface area contributed by atoms with Gasteiger partial charge in [-0.2, -0.15) is 0 Å². The van der Waals surface area contributed by atoms with Gasteiger partial charge in [-0.3, -0.25) is 4.57 Å². The molecule has 0 amide bonds. The van der Waals surface area contributed by atoms with Crippen molar-refractivity contribution in [2.45, 2.75) is 13.8 Å². The molecule has 0 bridgehead atoms. The summed E-state index contributed by atoms with van der Waals surface area (Å²) in [5.74, 6) is 0. The summed E-state index contributed by atoms with van der Waals surface area (Å²) in [6, 6.07) is 15.6. The molecule has 0 aromatic heterocycles. The molecule has 0 saturated heterocycles. The van der Waals surface area contributed by atoms with E-state index < -0.39 is 7.37 Å². The van der Waals surface area contributed by atoms with Gasteiger partial charge in [-0.1, -0.05) is 36.4 Å². The zero-order valence-electron chi connectivity index (χ0n) is 14.7. The number of quaternary nitrogens is 1. The molecule has 0 atom stereocenters. The van der Waals surface area contributed by atoms with E-state index in [2.05, 4.69) is 21.1 Å². The molecule has 0 aliphatic rings. The molecule has 3 nitrogen and oxygen atoms in total. The van der Waals surface area contributed by atoms with Crippen LogP contribution in [0, 0.1) is 13.8 Å². The number of rotatable bonds is 6. The average molecular weight is 332 g/mol. The lowest BCUT2D eigenvalue weighted by atomic mass is 10.2. The third kappa shape index (κ3) is 4.32. The quantitative estimate of drug-likeness (QED) is 0.599. The van der Waals surface area contributed by atoms with E-state index in [4.69, 9.17) is 4.52 Å². The van der Waals surface area contributed by atoms with Gasteiger partial charge in [0.1, 0.15) is 13.2 Å². The van der Waals surface area contributed by atoms with Gasteiger partial charge < -0.3 is 9.01 Å². The molecule has 124 valence electrons. The minimum atomic E-state index is -3.10. The number of hydrogen-bond donors (Lipinski definition) is 0. The molecule has 0 radical (unpaired) electrons. The van der Waals surface area contributed by atoms with E-state index in [1.165, 1.54) is 0 Å². The first-order valence-corrected chi connectivity index (χ1v) is 9.54. The molecule has 0 aliphatic carbocycles. The minimum absolute atomic E-state index is 0.462. The Kier molecular flexibility index (Phi) is 5.46. The van der Waals surface area contributed by atoms with Crippen LogP contribution >= 0.6 is 7.37 Å². The highest BCUT2D eigenvalue weighted by molar-refractivity contribution is 7.74. The van der Waals surface area contributed by atoms with Crippen molar-refractivity contribution in [2.75, 3.05) is 34.3 Å². The predicted molar refractivity (Wildman–Crippen MR) is 98.1 cm³/mol. The van der Waals surface area contributed by atoms with E-state index in [1.807, 2.05) is 62.4 Å². The summed E-state index contributed by atoms with van der Waals surface area (Å²) in [6.45, 7) is 5.25. The Morgan fingerprint density at radius 3 is 1.70 bits per heavy atom. The SMILES string of the molecule is Cc1ccccc1P(=O)(OCC[N+](C)(C)C)c1ccccc1C. The maximum atomic E-state index is 13.9. The molecule has 23 heavy (non-hydrogen) atoms. The van der Waals surface area contributed by atoms with E-state index in [9.17, 15) is 4.57 Å². The van der Waals surface area contributed by atoms with Crippen LogP contribution in [-0.2, 0) is 9.09 Å². The van der Waals surface area contributed by atoms with Crippen molar-refractivity contribution >= 4 is 18.0 Å². The van der Waals surface area contributed by atoms with Crippen molar-refractivity contribution in [3.63, 3.8) is 0 Å². The maximum Gasteiger partial charge on any atom is 0.262 e. The normalized spacial score (nSPS) is 12.4. The molecule has 0 saturated carbocycles. The predicted octanol–water partition coefficient (Wildman–Crippen LogP) is 3.26. The van der Waals surface area contributed by atoms with Gasteiger partial charge in [-0.15, -0.1) is 0 Å². The number of benzene rings is 2. The third-order valence-electron chi connectivity index (χ3n) is 3.90. The highest BCUT2D eigenvalue weighted by Gasteiger charge is 2.32. The lowest BCUT2D eigenvalue weighted by Crippen LogP contribution is -2.38. The third-order valence-corrected chi connectivity index (χ3v) is 6.72. The smallest absolute Gasteiger partial charge is 0.262 e. The Bertz CT molecular complexity index is 670. The van der Waals surface area contributed by atoms with Gasteiger partial charge in [0.15, 0.2) is 0 Å². The average Bonchev–Trinajstić information content (AvgIpc) is 2.46. The molecule has 0 fully saturated rings. The van der Waals surface area contributed by atoms with Crippen molar-refractivity contribution < 1.29 is 13.6 Å². The summed E-state index contributed by atoms with van der Waals surface area (Å²) in [7, 11) is 3.23. The zero-order chi connectivity index (χ0) is 17.1. The monoisotopic (exact) mass is 332 g/mol. The van der Waals surface area contributed by atoms with Gasteiger partial charge in [0.2, 0.25) is 0 Å². The van der Waals surface area contributed by atoms with E-state index in [0.29, 0.717) is 6.61 Å². The van der Waals surface area contributed by atoms with Crippen molar-refractivity contribution in [1.82, 2.24) is 0 Å². The van der Waals surface area contributed by atoms with Crippen molar-refractivity contribution in [2.24, 2.45) is 0 Å². The highest BCUT2D eigenvalue weighted by atomic mass is 31.2. The zero-order valence-corrected chi connectivity index (χ0v) is 15.6. The highest BCUT2D eigenvalue weighted by Crippen LogP contribution is 2.46. The largest absolute Gasteiger partial charge is 0.329 e. The van der Waals surface area contributed by atoms with Gasteiger partial charge >= 0.3 is 0 Å². The molecule has 2 rings (SSSR count). The van der Waals surface area contributed by atoms with Gasteiger partial charge in [0, 0.05) is 10.6 Å². The molecular weight excluding hydrogens is 305 g/mol. The Labute approximate surface area is 140 Å². The molecule has 2 aromatic rings. The molecule has 0 N–H and O–H groups in total. The fourth-order valence-corrected chi connectivity index (χ4v) is 5.02. The molecule has 0 unspecified atom stereocenters. The minimum Gasteiger partial charge on any atom is -0.329 e. The van der Waals surface area contributed by atoms with Crippen LogP contribution in [0.15, 0.2) is 48.5 Å². The number of aryl methyl sites for hydroxylation is 2. The number of nitrogens with zero attached hydrogens (tertiary/aromatic N) is 1. The van der Waals surface area contributed by atoms with Crippen molar-refractivity contribution in [3.8, 4) is 0 Å². The summed E-state index contributed by atoms with van der Waals surface area (Å²) in [4.78, 5) is 0. The van der Waals surface area contributed by atoms with Crippen LogP contribution in [-0.4, -0.2) is 38.8 Å². The molecule has 2 aromatic carbocycles. The van der Waals surface area contributed by atoms with Gasteiger partial charge in [0.05, 0.1) is 21.1 Å². The second kappa shape index (κ2) is 7.00. The van der Waals surface area contributed by atoms with E-state index >= 15 is 0 Å². The summed E-state index contributed by atoms with van der Waals surface area (Å²) in [5.41, 5.74) is 2.01. The first kappa shape index (κ1) is 17.9. The fraction of sp³-hybridized carbons (Fsp3) is 0.368. The van der Waals surface area contributed by atoms with Crippen LogP contribution in [0.4, 0.5) is 0 Å². The maximum absolute atomic E-state index is 13.9. The molecule has 0 heterocycles. The van der Waals surface area contributed by atoms with Crippen LogP contribution in [0.25, 0.3) is 0 Å². The lowest BCUT2D eigenvalue weighted by Gasteiger charge is -2.27. The van der Waals surface area contributed by atoms with Crippen LogP contribution in [0.1, 0.15) is 11.1 Å². The Morgan fingerprint density at radius 1 is 0.870 bits per heavy atom. The number of hydrogen-bond acceptors (Lipinski definition) is 2. The summed E-state index contributed by atoms with van der Waals surface area (Å²) >= 11 is 0. The standard InChI is InChI=1S/C19H27NO2P/c1-16-10-6-8-12-18(16)23(21,22-15-14-20(3,4)5)19-13-9-7-11-17(19)2/h6-13H,14-15H2,1-5H3/q+1. The van der Waals surface area contributed by atoms with Crippen LogP contribution < -0.4 is 10.6 Å². The Hall–Kier alpha value is -1.41. The topological polar surface area (TPSA) is 26.3 Å². The second-order valence-corrected chi connectivity index (χ2v) is 9.30. The number of likely N-dealkylation sites (N-methyl/N-ethyl adjacent to an activating group) is 1. The summed E-state index contributed by atoms with van der Waals surface area (Å²) in [5, 5.41) is 1.60. The van der Waals surface area contributed by atoms with Gasteiger partial charge in [-0.05, 0) is 37.1 Å². The lowest BCUT2D eigenvalue weighted by molar-refractivity contribution is -0.870. The Morgan fingerprint density at radius 2 is 1.30 bits per heavy atom. The fourth-order valence-electron chi connectivity index (χ4n) is 2.50. The molecule has 4 heteroatoms. The van der Waals surface area contributed by atoms with Gasteiger partial charge in [-0.25, -0.2) is 0 Å². The first-order chi connectivity index (χ1) is 10.7. The Balaban J connectivity index is 2.46. The summed E-state index contributed by atoms with van der Waals surface area (Å²) in [6.07, 6.45) is 0. The van der Waals surface area contributed by atoms with Crippen molar-refractivity contribution in [1.29, 1.82) is 0 Å². The van der Waals surface area contributed by atoms with E-state index in [-0.39, 0.29) is 0 Å². The van der Waals surface area contributed by atoms with E-state index in [1.54, 1.807) is 0 Å². The molecular formula is C19H27NO2P+. The van der Waals surface area contributed by atoms with Crippen LogP contribution in [0.3, 0.4) is 0 Å². The molecule has 0 aliphatic heterocycles. The molecule has 0 spiro atoms. The summed E-state index contributed by atoms with van der Waals surface area (Å²) < 4.78 is 20.8. The van der Waals surface area contributed by atoms with Crippen LogP contribution in [0.2, 0.25) is 0 Å². The van der Waals surface area contributed by atoms with Crippen LogP contribution in [0.5, 0.6) is 0 Å². The first-order valence-electron chi connectivity index (χ1n) is 7.91.